The van der Waals surface area contributed by atoms with Crippen LogP contribution in [0.2, 0.25) is 0 Å². The monoisotopic (exact) mass is 1160 g/mol. The molecule has 2 heterocycles. The van der Waals surface area contributed by atoms with Crippen LogP contribution in [-0.2, 0) is 36.5 Å². The number of carbonyl (C=O) groups is 2. The second-order valence-electron chi connectivity index (χ2n) is 21.9. The molecule has 0 unspecified atom stereocenters. The molecule has 0 aliphatic heterocycles. The number of thiophene rings is 2. The lowest BCUT2D eigenvalue weighted by Gasteiger charge is -2.19. The Labute approximate surface area is 499 Å². The summed E-state index contributed by atoms with van der Waals surface area (Å²) in [5, 5.41) is 0. The first kappa shape index (κ1) is 59.6. The highest BCUT2D eigenvalue weighted by Gasteiger charge is 2.36. The molecule has 0 radical (unpaired) electrons. The zero-order chi connectivity index (χ0) is 54.8. The van der Waals surface area contributed by atoms with Crippen molar-refractivity contribution >= 4 is 93.4 Å². The highest BCUT2D eigenvalue weighted by atomic mass is 32.2. The zero-order valence-corrected chi connectivity index (χ0v) is 52.4. The summed E-state index contributed by atoms with van der Waals surface area (Å²) >= 11 is 11.0. The number of allylic oxidation sites excluding steroid dienone is 4. The summed E-state index contributed by atoms with van der Waals surface area (Å²) in [5.41, 5.74) is 19.5. The number of hydrogen-bond acceptors (Lipinski definition) is 8. The van der Waals surface area contributed by atoms with E-state index in [4.69, 9.17) is 0 Å². The van der Waals surface area contributed by atoms with Gasteiger partial charge in [0.1, 0.15) is 0 Å². The number of thioether (sulfide) groups is 4. The lowest BCUT2D eigenvalue weighted by molar-refractivity contribution is 0.111. The lowest BCUT2D eigenvalue weighted by atomic mass is 9.98. The van der Waals surface area contributed by atoms with Crippen LogP contribution in [0.25, 0.3) is 32.0 Å². The summed E-state index contributed by atoms with van der Waals surface area (Å²) in [4.78, 5) is 30.9. The molecular formula is C71H82O2S6. The standard InChI is InChI=1S/C71H82O2S6/c1-5-9-13-17-21-50-25-31-54(32-26-50)47-74-70(75-48-55-33-27-51(28-34-55)22-18-14-10-6-2)66-60-43-63-61(44-62(60)68-64(66)41-58(45-72)77-68)67(65-42-59(46-73)78-69(63)65)71(79-57-39-37-53(38-40-57)24-20-16-12-8-4)76-49-56-35-29-52(30-36-56)23-19-15-11-7-3/h25-37,39,41-46H,5-24,38,40,47-49H2,1-4H3/b71-67+. The molecule has 4 aromatic carbocycles. The van der Waals surface area contributed by atoms with Gasteiger partial charge in [0.15, 0.2) is 12.6 Å². The van der Waals surface area contributed by atoms with Crippen molar-refractivity contribution in [3.63, 3.8) is 0 Å². The quantitative estimate of drug-likeness (QED) is 0.0301. The molecule has 3 aliphatic rings. The first-order valence-electron chi connectivity index (χ1n) is 29.9. The predicted octanol–water partition coefficient (Wildman–Crippen LogP) is 23.3. The summed E-state index contributed by atoms with van der Waals surface area (Å²) in [5.74, 6) is 2.57. The van der Waals surface area contributed by atoms with E-state index in [-0.39, 0.29) is 0 Å². The van der Waals surface area contributed by atoms with E-state index >= 15 is 0 Å². The molecule has 0 amide bonds. The molecule has 6 aromatic rings. The molecule has 2 nitrogen and oxygen atoms in total. The molecule has 3 aliphatic carbocycles. The number of carbonyl (C=O) groups excluding carboxylic acids is 2. The van der Waals surface area contributed by atoms with E-state index in [9.17, 15) is 9.59 Å². The first-order chi connectivity index (χ1) is 38.9. The van der Waals surface area contributed by atoms with Gasteiger partial charge in [-0.25, -0.2) is 0 Å². The smallest absolute Gasteiger partial charge is 0.160 e. The van der Waals surface area contributed by atoms with Crippen LogP contribution in [0.1, 0.15) is 225 Å². The number of hydrogen-bond donors (Lipinski definition) is 0. The second-order valence-corrected chi connectivity index (χ2v) is 28.7. The zero-order valence-electron chi connectivity index (χ0n) is 47.5. The Morgan fingerprint density at radius 1 is 0.405 bits per heavy atom. The van der Waals surface area contributed by atoms with E-state index in [1.165, 1.54) is 210 Å². The molecule has 0 bridgehead atoms. The average molecular weight is 1160 g/mol. The molecule has 0 atom stereocenters. The molecule has 0 saturated heterocycles. The van der Waals surface area contributed by atoms with Gasteiger partial charge in [-0.05, 0) is 138 Å². The SMILES string of the molecule is CCCCCCC1=CC=C(S/C(SCc2ccc(CCCCCC)cc2)=C2\c3cc4c(cc3-c3sc(C=O)cc32)C(=C(SCc2ccc(CCCCCC)cc2)SCc2ccc(CCCCCC)cc2)c2cc(C=O)sc2-4)CC1. The Bertz CT molecular complexity index is 3040. The van der Waals surface area contributed by atoms with Gasteiger partial charge in [-0.15, -0.1) is 58.0 Å². The average Bonchev–Trinajstić information content (AvgIpc) is 4.25. The van der Waals surface area contributed by atoms with Gasteiger partial charge < -0.3 is 0 Å². The fraction of sp³-hybridized carbons (Fsp3) is 0.408. The Kier molecular flexibility index (Phi) is 23.3. The Hall–Kier alpha value is -4.02. The summed E-state index contributed by atoms with van der Waals surface area (Å²) in [6, 6.07) is 37.4. The van der Waals surface area contributed by atoms with E-state index < -0.39 is 0 Å². The molecule has 8 heteroatoms. The Morgan fingerprint density at radius 2 is 0.785 bits per heavy atom. The predicted molar refractivity (Wildman–Crippen MR) is 354 cm³/mol. The fourth-order valence-corrected chi connectivity index (χ4v) is 18.0. The minimum Gasteiger partial charge on any atom is -0.297 e. The van der Waals surface area contributed by atoms with Gasteiger partial charge in [0.25, 0.3) is 0 Å². The van der Waals surface area contributed by atoms with Crippen molar-refractivity contribution in [1.82, 2.24) is 0 Å². The van der Waals surface area contributed by atoms with Crippen molar-refractivity contribution in [3.05, 3.63) is 194 Å². The van der Waals surface area contributed by atoms with Gasteiger partial charge >= 0.3 is 0 Å². The maximum Gasteiger partial charge on any atom is 0.160 e. The van der Waals surface area contributed by atoms with Gasteiger partial charge in [-0.3, -0.25) is 9.59 Å². The van der Waals surface area contributed by atoms with Crippen LogP contribution < -0.4 is 0 Å². The third kappa shape index (κ3) is 16.0. The summed E-state index contributed by atoms with van der Waals surface area (Å²) in [6.45, 7) is 9.12. The topological polar surface area (TPSA) is 34.1 Å². The number of unbranched alkanes of at least 4 members (excludes halogenated alkanes) is 12. The Balaban J connectivity index is 1.11. The van der Waals surface area contributed by atoms with E-state index in [2.05, 4.69) is 137 Å². The van der Waals surface area contributed by atoms with Crippen molar-refractivity contribution < 1.29 is 9.59 Å². The highest BCUT2D eigenvalue weighted by molar-refractivity contribution is 8.24. The summed E-state index contributed by atoms with van der Waals surface area (Å²) < 4.78 is 2.58. The number of rotatable bonds is 33. The van der Waals surface area contributed by atoms with Crippen LogP contribution in [0.4, 0.5) is 0 Å². The van der Waals surface area contributed by atoms with E-state index in [1.54, 1.807) is 28.2 Å². The van der Waals surface area contributed by atoms with Crippen molar-refractivity contribution in [2.24, 2.45) is 0 Å². The van der Waals surface area contributed by atoms with Gasteiger partial charge in [0.05, 0.1) is 14.0 Å². The lowest BCUT2D eigenvalue weighted by Crippen LogP contribution is -1.95. The third-order valence-electron chi connectivity index (χ3n) is 15.8. The van der Waals surface area contributed by atoms with Crippen LogP contribution in [0.3, 0.4) is 0 Å². The minimum absolute atomic E-state index is 0.762. The molecule has 0 fully saturated rings. The molecule has 79 heavy (non-hydrogen) atoms. The molecule has 0 saturated carbocycles. The maximum absolute atomic E-state index is 12.8. The van der Waals surface area contributed by atoms with Crippen LogP contribution in [0.15, 0.2) is 128 Å². The van der Waals surface area contributed by atoms with Gasteiger partial charge in [0, 0.05) is 64.7 Å². The largest absolute Gasteiger partial charge is 0.297 e. The van der Waals surface area contributed by atoms with E-state index in [1.807, 2.05) is 47.0 Å². The normalized spacial score (nSPS) is 13.9. The molecule has 9 rings (SSSR count). The van der Waals surface area contributed by atoms with Crippen LogP contribution in [0, 0.1) is 0 Å². The van der Waals surface area contributed by atoms with Crippen LogP contribution in [0.5, 0.6) is 0 Å². The summed E-state index contributed by atoms with van der Waals surface area (Å²) in [6.07, 6.45) is 34.1. The van der Waals surface area contributed by atoms with Gasteiger partial charge in [-0.1, -0.05) is 207 Å². The first-order valence-corrected chi connectivity index (χ1v) is 35.4. The van der Waals surface area contributed by atoms with Crippen LogP contribution >= 0.6 is 69.7 Å². The van der Waals surface area contributed by atoms with Crippen molar-refractivity contribution in [2.45, 2.75) is 186 Å². The number of benzene rings is 4. The van der Waals surface area contributed by atoms with Gasteiger partial charge in [0.2, 0.25) is 0 Å². The van der Waals surface area contributed by atoms with Crippen molar-refractivity contribution in [3.8, 4) is 20.9 Å². The van der Waals surface area contributed by atoms with E-state index in [0.29, 0.717) is 0 Å². The molecular weight excluding hydrogens is 1080 g/mol. The maximum atomic E-state index is 12.8. The fourth-order valence-electron chi connectivity index (χ4n) is 11.1. The number of fused-ring (bicyclic) bond motifs is 6. The molecule has 0 N–H and O–H groups in total. The highest BCUT2D eigenvalue weighted by Crippen LogP contribution is 2.60. The van der Waals surface area contributed by atoms with Crippen LogP contribution in [-0.4, -0.2) is 12.6 Å². The van der Waals surface area contributed by atoms with E-state index in [0.717, 1.165) is 71.7 Å². The van der Waals surface area contributed by atoms with Crippen molar-refractivity contribution in [2.75, 3.05) is 0 Å². The number of aryl methyl sites for hydroxylation is 3. The molecule has 2 aromatic heterocycles. The van der Waals surface area contributed by atoms with Crippen molar-refractivity contribution in [1.29, 1.82) is 0 Å². The molecule has 0 spiro atoms. The summed E-state index contributed by atoms with van der Waals surface area (Å²) in [7, 11) is 0. The van der Waals surface area contributed by atoms with Gasteiger partial charge in [-0.2, -0.15) is 0 Å². The second kappa shape index (κ2) is 30.9. The minimum atomic E-state index is 0.762. The third-order valence-corrected chi connectivity index (χ3v) is 23.1. The number of aldehydes is 2. The Morgan fingerprint density at radius 3 is 1.16 bits per heavy atom. The molecule has 414 valence electrons.